The highest BCUT2D eigenvalue weighted by atomic mass is 19.1. The second kappa shape index (κ2) is 5.35. The van der Waals surface area contributed by atoms with Crippen molar-refractivity contribution in [2.24, 2.45) is 5.92 Å². The normalized spacial score (nSPS) is 20.8. The Balaban J connectivity index is 2.58. The number of nitrogens with zero attached hydrogens (tertiary/aromatic N) is 1. The molecule has 1 aliphatic rings. The number of hydrogen-bond acceptors (Lipinski definition) is 3. The van der Waals surface area contributed by atoms with Crippen molar-refractivity contribution < 1.29 is 23.8 Å². The average Bonchev–Trinajstić information content (AvgIpc) is 2.26. The van der Waals surface area contributed by atoms with Crippen LogP contribution in [0.2, 0.25) is 0 Å². The first-order chi connectivity index (χ1) is 8.55. The molecule has 1 N–H and O–H groups in total. The van der Waals surface area contributed by atoms with Crippen LogP contribution in [0, 0.1) is 5.92 Å². The van der Waals surface area contributed by atoms with Gasteiger partial charge in [-0.2, -0.15) is 0 Å². The molecule has 1 amide bonds. The number of ether oxygens (including phenoxy) is 1. The summed E-state index contributed by atoms with van der Waals surface area (Å²) in [7, 11) is 0. The van der Waals surface area contributed by atoms with Crippen molar-refractivity contribution in [3.63, 3.8) is 0 Å². The first-order valence-corrected chi connectivity index (χ1v) is 6.45. The molecule has 0 spiro atoms. The Morgan fingerprint density at radius 2 is 1.79 bits per heavy atom. The number of carbonyl (C=O) groups excluding carboxylic acids is 1. The van der Waals surface area contributed by atoms with Gasteiger partial charge in [-0.05, 0) is 27.7 Å². The van der Waals surface area contributed by atoms with Crippen molar-refractivity contribution in [3.8, 4) is 0 Å². The van der Waals surface area contributed by atoms with Crippen molar-refractivity contribution in [2.45, 2.75) is 51.8 Å². The van der Waals surface area contributed by atoms with Gasteiger partial charge in [-0.25, -0.2) is 9.18 Å². The smallest absolute Gasteiger partial charge is 0.410 e. The van der Waals surface area contributed by atoms with E-state index in [4.69, 9.17) is 9.84 Å². The molecule has 110 valence electrons. The summed E-state index contributed by atoms with van der Waals surface area (Å²) in [5.74, 6) is -2.21. The number of carbonyl (C=O) groups is 2. The fraction of sp³-hybridized carbons (Fsp3) is 0.846. The van der Waals surface area contributed by atoms with Crippen LogP contribution >= 0.6 is 0 Å². The second-order valence-corrected chi connectivity index (χ2v) is 6.06. The van der Waals surface area contributed by atoms with Crippen molar-refractivity contribution in [1.82, 2.24) is 4.90 Å². The van der Waals surface area contributed by atoms with Crippen LogP contribution in [-0.2, 0) is 9.53 Å². The quantitative estimate of drug-likeness (QED) is 0.840. The third-order valence-corrected chi connectivity index (χ3v) is 3.39. The number of carboxylic acid groups (broad SMARTS) is 1. The summed E-state index contributed by atoms with van der Waals surface area (Å²) in [5, 5.41) is 8.88. The average molecular weight is 275 g/mol. The molecular formula is C13H22FNO4. The Bertz CT molecular complexity index is 356. The molecule has 1 aliphatic heterocycles. The summed E-state index contributed by atoms with van der Waals surface area (Å²) in [4.78, 5) is 24.1. The lowest BCUT2D eigenvalue weighted by Crippen LogP contribution is -2.50. The number of piperidine rings is 1. The Labute approximate surface area is 112 Å². The maximum Gasteiger partial charge on any atom is 0.410 e. The monoisotopic (exact) mass is 275 g/mol. The largest absolute Gasteiger partial charge is 0.481 e. The van der Waals surface area contributed by atoms with Crippen LogP contribution in [0.3, 0.4) is 0 Å². The molecule has 1 heterocycles. The van der Waals surface area contributed by atoms with Crippen LogP contribution in [0.25, 0.3) is 0 Å². The predicted molar refractivity (Wildman–Crippen MR) is 67.7 cm³/mol. The molecule has 0 aromatic carbocycles. The highest BCUT2D eigenvalue weighted by Crippen LogP contribution is 2.34. The fourth-order valence-electron chi connectivity index (χ4n) is 2.04. The van der Waals surface area contributed by atoms with Crippen molar-refractivity contribution in [3.05, 3.63) is 0 Å². The van der Waals surface area contributed by atoms with E-state index in [2.05, 4.69) is 0 Å². The topological polar surface area (TPSA) is 66.8 Å². The van der Waals surface area contributed by atoms with Gasteiger partial charge in [0.15, 0.2) is 0 Å². The van der Waals surface area contributed by atoms with Gasteiger partial charge >= 0.3 is 12.1 Å². The first kappa shape index (κ1) is 15.7. The molecule has 0 aromatic heterocycles. The highest BCUT2D eigenvalue weighted by Gasteiger charge is 2.44. The van der Waals surface area contributed by atoms with E-state index >= 15 is 0 Å². The van der Waals surface area contributed by atoms with E-state index in [9.17, 15) is 14.0 Å². The second-order valence-electron chi connectivity index (χ2n) is 6.06. The van der Waals surface area contributed by atoms with Crippen LogP contribution < -0.4 is 0 Å². The summed E-state index contributed by atoms with van der Waals surface area (Å²) >= 11 is 0. The Morgan fingerprint density at radius 1 is 1.32 bits per heavy atom. The minimum Gasteiger partial charge on any atom is -0.481 e. The SMILES string of the molecule is CC(C(=O)O)C1(F)CCN(C(=O)OC(C)(C)C)CC1. The van der Waals surface area contributed by atoms with Crippen LogP contribution in [-0.4, -0.2) is 46.4 Å². The number of hydrogen-bond donors (Lipinski definition) is 1. The summed E-state index contributed by atoms with van der Waals surface area (Å²) in [5.41, 5.74) is -2.33. The number of likely N-dealkylation sites (tertiary alicyclic amines) is 1. The summed E-state index contributed by atoms with van der Waals surface area (Å²) in [6, 6.07) is 0. The minimum absolute atomic E-state index is 0.0275. The fourth-order valence-corrected chi connectivity index (χ4v) is 2.04. The lowest BCUT2D eigenvalue weighted by atomic mass is 9.82. The highest BCUT2D eigenvalue weighted by molar-refractivity contribution is 5.71. The van der Waals surface area contributed by atoms with E-state index in [1.165, 1.54) is 11.8 Å². The minimum atomic E-state index is -1.75. The molecule has 1 unspecified atom stereocenters. The maximum absolute atomic E-state index is 14.4. The molecule has 1 fully saturated rings. The summed E-state index contributed by atoms with van der Waals surface area (Å²) in [6.45, 7) is 7.03. The predicted octanol–water partition coefficient (Wildman–Crippen LogP) is 2.45. The van der Waals surface area contributed by atoms with E-state index < -0.39 is 29.3 Å². The standard InChI is InChI=1S/C13H22FNO4/c1-9(10(16)17)13(14)5-7-15(8-6-13)11(18)19-12(2,3)4/h9H,5-8H2,1-4H3,(H,16,17). The number of amides is 1. The van der Waals surface area contributed by atoms with Gasteiger partial charge in [0.2, 0.25) is 0 Å². The van der Waals surface area contributed by atoms with E-state index in [-0.39, 0.29) is 25.9 Å². The molecule has 1 saturated heterocycles. The molecule has 1 rings (SSSR count). The number of aliphatic carboxylic acids is 1. The zero-order valence-corrected chi connectivity index (χ0v) is 11.9. The van der Waals surface area contributed by atoms with Crippen molar-refractivity contribution in [1.29, 1.82) is 0 Å². The molecule has 0 aromatic rings. The molecule has 0 aliphatic carbocycles. The summed E-state index contributed by atoms with van der Waals surface area (Å²) in [6.07, 6.45) is -0.420. The van der Waals surface area contributed by atoms with Gasteiger partial charge in [-0.1, -0.05) is 0 Å². The van der Waals surface area contributed by atoms with Crippen LogP contribution in [0.5, 0.6) is 0 Å². The lowest BCUT2D eigenvalue weighted by Gasteiger charge is -2.38. The lowest BCUT2D eigenvalue weighted by molar-refractivity contribution is -0.148. The third-order valence-electron chi connectivity index (χ3n) is 3.39. The number of carboxylic acids is 1. The zero-order chi connectivity index (χ0) is 14.8. The molecule has 0 radical (unpaired) electrons. The van der Waals surface area contributed by atoms with Gasteiger partial charge < -0.3 is 14.7 Å². The van der Waals surface area contributed by atoms with Crippen LogP contribution in [0.15, 0.2) is 0 Å². The molecule has 1 atom stereocenters. The molecule has 5 nitrogen and oxygen atoms in total. The van der Waals surface area contributed by atoms with Crippen LogP contribution in [0.4, 0.5) is 9.18 Å². The van der Waals surface area contributed by atoms with Gasteiger partial charge in [0, 0.05) is 25.9 Å². The van der Waals surface area contributed by atoms with E-state index in [1.807, 2.05) is 0 Å². The first-order valence-electron chi connectivity index (χ1n) is 6.45. The van der Waals surface area contributed by atoms with Crippen LogP contribution in [0.1, 0.15) is 40.5 Å². The van der Waals surface area contributed by atoms with E-state index in [1.54, 1.807) is 20.8 Å². The van der Waals surface area contributed by atoms with E-state index in [0.29, 0.717) is 0 Å². The molecule has 0 bridgehead atoms. The Kier molecular flexibility index (Phi) is 4.43. The van der Waals surface area contributed by atoms with Crippen molar-refractivity contribution >= 4 is 12.1 Å². The molecule has 6 heteroatoms. The van der Waals surface area contributed by atoms with Gasteiger partial charge in [0.1, 0.15) is 11.3 Å². The van der Waals surface area contributed by atoms with Gasteiger partial charge in [-0.3, -0.25) is 4.79 Å². The van der Waals surface area contributed by atoms with E-state index in [0.717, 1.165) is 0 Å². The van der Waals surface area contributed by atoms with Crippen molar-refractivity contribution in [2.75, 3.05) is 13.1 Å². The molecular weight excluding hydrogens is 253 g/mol. The summed E-state index contributed by atoms with van der Waals surface area (Å²) < 4.78 is 19.6. The van der Waals surface area contributed by atoms with Gasteiger partial charge in [0.25, 0.3) is 0 Å². The molecule has 19 heavy (non-hydrogen) atoms. The number of halogens is 1. The number of rotatable bonds is 2. The molecule has 0 saturated carbocycles. The third kappa shape index (κ3) is 4.08. The number of alkyl halides is 1. The van der Waals surface area contributed by atoms with Gasteiger partial charge in [-0.15, -0.1) is 0 Å². The Morgan fingerprint density at radius 3 is 2.16 bits per heavy atom. The van der Waals surface area contributed by atoms with Gasteiger partial charge in [0.05, 0.1) is 5.92 Å². The Hall–Kier alpha value is -1.33. The maximum atomic E-state index is 14.4. The zero-order valence-electron chi connectivity index (χ0n) is 11.9.